The number of rotatable bonds is 5. The molecule has 1 aromatic carbocycles. The van der Waals surface area contributed by atoms with Gasteiger partial charge in [-0.1, -0.05) is 18.2 Å². The van der Waals surface area contributed by atoms with Crippen LogP contribution >= 0.6 is 0 Å². The second-order valence-corrected chi connectivity index (χ2v) is 6.54. The largest absolute Gasteiger partial charge is 0.384 e. The molecule has 0 spiro atoms. The number of para-hydroxylation sites is 1. The van der Waals surface area contributed by atoms with E-state index in [0.717, 1.165) is 29.5 Å². The molecule has 4 atom stereocenters. The van der Waals surface area contributed by atoms with Crippen molar-refractivity contribution in [2.24, 2.45) is 11.8 Å². The van der Waals surface area contributed by atoms with Gasteiger partial charge in [0, 0.05) is 48.7 Å². The fourth-order valence-corrected chi connectivity index (χ4v) is 4.12. The number of ether oxygens (including phenoxy) is 2. The zero-order valence-corrected chi connectivity index (χ0v) is 13.2. The number of benzene rings is 1. The van der Waals surface area contributed by atoms with Crippen molar-refractivity contribution in [2.75, 3.05) is 20.3 Å². The van der Waals surface area contributed by atoms with Gasteiger partial charge in [0.2, 0.25) is 5.91 Å². The van der Waals surface area contributed by atoms with E-state index < -0.39 is 0 Å². The molecule has 2 fully saturated rings. The van der Waals surface area contributed by atoms with Gasteiger partial charge in [-0.25, -0.2) is 0 Å². The lowest BCUT2D eigenvalue weighted by Gasteiger charge is -2.47. The van der Waals surface area contributed by atoms with Crippen molar-refractivity contribution < 1.29 is 14.3 Å². The van der Waals surface area contributed by atoms with Gasteiger partial charge in [0.15, 0.2) is 0 Å². The number of aromatic amines is 1. The van der Waals surface area contributed by atoms with Crippen LogP contribution in [0, 0.1) is 11.8 Å². The number of hydrogen-bond acceptors (Lipinski definition) is 3. The van der Waals surface area contributed by atoms with Gasteiger partial charge in [-0.2, -0.15) is 0 Å². The highest BCUT2D eigenvalue weighted by Crippen LogP contribution is 2.43. The molecule has 1 aromatic heterocycles. The number of amides is 1. The van der Waals surface area contributed by atoms with Crippen LogP contribution < -0.4 is 5.32 Å². The van der Waals surface area contributed by atoms with Gasteiger partial charge in [0.1, 0.15) is 0 Å². The van der Waals surface area contributed by atoms with Crippen molar-refractivity contribution >= 4 is 16.8 Å². The molecule has 1 saturated heterocycles. The molecule has 4 rings (SSSR count). The molecule has 0 unspecified atom stereocenters. The molecule has 122 valence electrons. The molecule has 0 bridgehead atoms. The number of hydrogen-bond donors (Lipinski definition) is 2. The summed E-state index contributed by atoms with van der Waals surface area (Å²) in [5.74, 6) is 0.799. The van der Waals surface area contributed by atoms with Crippen LogP contribution in [0.4, 0.5) is 0 Å². The first-order chi connectivity index (χ1) is 11.3. The number of carbonyl (C=O) groups excluding carboxylic acids is 1. The Labute approximate surface area is 135 Å². The summed E-state index contributed by atoms with van der Waals surface area (Å²) in [5, 5.41) is 4.33. The second kappa shape index (κ2) is 5.98. The minimum Gasteiger partial charge on any atom is -0.384 e. The van der Waals surface area contributed by atoms with Gasteiger partial charge in [0.25, 0.3) is 0 Å². The third-order valence-electron chi connectivity index (χ3n) is 5.24. The Balaban J connectivity index is 1.43. The topological polar surface area (TPSA) is 63.3 Å². The summed E-state index contributed by atoms with van der Waals surface area (Å²) >= 11 is 0. The normalized spacial score (nSPS) is 29.3. The minimum atomic E-state index is 0.0752. The van der Waals surface area contributed by atoms with E-state index in [9.17, 15) is 4.79 Å². The zero-order chi connectivity index (χ0) is 15.8. The lowest BCUT2D eigenvalue weighted by molar-refractivity contribution is -0.129. The number of carbonyl (C=O) groups is 1. The molecular weight excluding hydrogens is 292 g/mol. The van der Waals surface area contributed by atoms with Crippen molar-refractivity contribution in [1.29, 1.82) is 0 Å². The van der Waals surface area contributed by atoms with Crippen LogP contribution in [0.3, 0.4) is 0 Å². The summed E-state index contributed by atoms with van der Waals surface area (Å²) in [6.45, 7) is 1.43. The average Bonchev–Trinajstić information content (AvgIpc) is 3.16. The molecule has 2 heterocycles. The highest BCUT2D eigenvalue weighted by atomic mass is 16.5. The van der Waals surface area contributed by atoms with E-state index in [1.54, 1.807) is 7.11 Å². The Bertz CT molecular complexity index is 711. The lowest BCUT2D eigenvalue weighted by atomic mass is 9.67. The summed E-state index contributed by atoms with van der Waals surface area (Å²) in [4.78, 5) is 15.7. The molecule has 0 radical (unpaired) electrons. The molecular formula is C18H22N2O3. The van der Waals surface area contributed by atoms with E-state index in [-0.39, 0.29) is 24.0 Å². The van der Waals surface area contributed by atoms with Gasteiger partial charge in [0.05, 0.1) is 19.1 Å². The number of aromatic nitrogens is 1. The summed E-state index contributed by atoms with van der Waals surface area (Å²) < 4.78 is 11.0. The second-order valence-electron chi connectivity index (χ2n) is 6.54. The molecule has 5 nitrogen and oxygen atoms in total. The fraction of sp³-hybridized carbons (Fsp3) is 0.500. The highest BCUT2D eigenvalue weighted by Gasteiger charge is 2.54. The molecule has 2 N–H and O–H groups in total. The van der Waals surface area contributed by atoms with Gasteiger partial charge in [-0.3, -0.25) is 4.79 Å². The first-order valence-corrected chi connectivity index (χ1v) is 8.23. The van der Waals surface area contributed by atoms with Gasteiger partial charge in [-0.15, -0.1) is 0 Å². The Morgan fingerprint density at radius 1 is 1.43 bits per heavy atom. The monoisotopic (exact) mass is 314 g/mol. The van der Waals surface area contributed by atoms with E-state index >= 15 is 0 Å². The smallest absolute Gasteiger partial charge is 0.224 e. The molecule has 2 aliphatic rings. The van der Waals surface area contributed by atoms with E-state index in [1.807, 2.05) is 30.5 Å². The molecule has 23 heavy (non-hydrogen) atoms. The van der Waals surface area contributed by atoms with Crippen molar-refractivity contribution in [3.8, 4) is 0 Å². The quantitative estimate of drug-likeness (QED) is 0.886. The van der Waals surface area contributed by atoms with Crippen LogP contribution in [0.25, 0.3) is 10.9 Å². The first kappa shape index (κ1) is 14.7. The van der Waals surface area contributed by atoms with E-state index in [4.69, 9.17) is 9.47 Å². The van der Waals surface area contributed by atoms with Crippen LogP contribution in [0.1, 0.15) is 12.0 Å². The minimum absolute atomic E-state index is 0.0752. The maximum Gasteiger partial charge on any atom is 0.224 e. The maximum atomic E-state index is 12.5. The first-order valence-electron chi connectivity index (χ1n) is 8.23. The average molecular weight is 314 g/mol. The molecule has 1 aliphatic heterocycles. The van der Waals surface area contributed by atoms with Crippen molar-refractivity contribution in [3.63, 3.8) is 0 Å². The summed E-state index contributed by atoms with van der Waals surface area (Å²) in [6, 6.07) is 8.25. The number of fused-ring (bicyclic) bond motifs is 2. The summed E-state index contributed by atoms with van der Waals surface area (Å²) in [6.07, 6.45) is 3.62. The number of H-pyrrole nitrogens is 1. The molecule has 1 saturated carbocycles. The number of nitrogens with one attached hydrogen (secondary N) is 2. The van der Waals surface area contributed by atoms with Gasteiger partial charge < -0.3 is 19.8 Å². The predicted molar refractivity (Wildman–Crippen MR) is 87.1 cm³/mol. The van der Waals surface area contributed by atoms with Crippen molar-refractivity contribution in [1.82, 2.24) is 10.3 Å². The predicted octanol–water partition coefficient (Wildman–Crippen LogP) is 1.88. The summed E-state index contributed by atoms with van der Waals surface area (Å²) in [7, 11) is 1.70. The van der Waals surface area contributed by atoms with Gasteiger partial charge >= 0.3 is 0 Å². The summed E-state index contributed by atoms with van der Waals surface area (Å²) in [5.41, 5.74) is 2.11. The Morgan fingerprint density at radius 3 is 3.17 bits per heavy atom. The van der Waals surface area contributed by atoms with E-state index in [1.165, 1.54) is 0 Å². The van der Waals surface area contributed by atoms with Crippen LogP contribution in [0.15, 0.2) is 30.5 Å². The molecule has 2 aromatic rings. The maximum absolute atomic E-state index is 12.5. The standard InChI is InChI=1S/C18H22N2O3/c1-22-10-14-17(13-6-7-23-18(13)14)20-16(21)8-11-9-19-15-5-3-2-4-12(11)15/h2-5,9,13-14,17-19H,6-8,10H2,1H3,(H,20,21)/t13-,14+,17+,18-/m1/s1. The van der Waals surface area contributed by atoms with Crippen LogP contribution in [0.2, 0.25) is 0 Å². The van der Waals surface area contributed by atoms with Crippen molar-refractivity contribution in [3.05, 3.63) is 36.0 Å². The Hall–Kier alpha value is -1.85. The van der Waals surface area contributed by atoms with Crippen LogP contribution in [-0.4, -0.2) is 43.4 Å². The third kappa shape index (κ3) is 2.54. The van der Waals surface area contributed by atoms with E-state index in [0.29, 0.717) is 18.9 Å². The zero-order valence-electron chi connectivity index (χ0n) is 13.2. The lowest BCUT2D eigenvalue weighted by Crippen LogP contribution is -2.62. The Kier molecular flexibility index (Phi) is 3.83. The fourth-order valence-electron chi connectivity index (χ4n) is 4.12. The molecule has 5 heteroatoms. The SMILES string of the molecule is COC[C@H]1[C@@H](NC(=O)Cc2c[nH]c3ccccc23)[C@H]2CCO[C@H]21. The molecule has 1 aliphatic carbocycles. The number of methoxy groups -OCH3 is 1. The highest BCUT2D eigenvalue weighted by molar-refractivity contribution is 5.89. The Morgan fingerprint density at radius 2 is 2.30 bits per heavy atom. The van der Waals surface area contributed by atoms with Crippen LogP contribution in [-0.2, 0) is 20.7 Å². The third-order valence-corrected chi connectivity index (χ3v) is 5.24. The van der Waals surface area contributed by atoms with Gasteiger partial charge in [-0.05, 0) is 18.1 Å². The van der Waals surface area contributed by atoms with E-state index in [2.05, 4.69) is 10.3 Å². The molecule has 1 amide bonds. The van der Waals surface area contributed by atoms with Crippen molar-refractivity contribution in [2.45, 2.75) is 25.0 Å². The van der Waals surface area contributed by atoms with Crippen LogP contribution in [0.5, 0.6) is 0 Å².